The van der Waals surface area contributed by atoms with Gasteiger partial charge in [-0.25, -0.2) is 9.67 Å². The molecule has 0 aliphatic heterocycles. The number of aromatic nitrogens is 4. The van der Waals surface area contributed by atoms with Crippen LogP contribution in [-0.2, 0) is 6.54 Å². The highest BCUT2D eigenvalue weighted by molar-refractivity contribution is 7.16. The van der Waals surface area contributed by atoms with Crippen molar-refractivity contribution in [1.82, 2.24) is 19.7 Å². The lowest BCUT2D eigenvalue weighted by Crippen LogP contribution is -2.12. The number of halogens is 1. The van der Waals surface area contributed by atoms with E-state index in [9.17, 15) is 4.79 Å². The number of thiazole rings is 1. The molecule has 0 unspecified atom stereocenters. The fraction of sp³-hybridized carbons (Fsp3) is 0.182. The number of anilines is 1. The summed E-state index contributed by atoms with van der Waals surface area (Å²) >= 11 is 7.88. The van der Waals surface area contributed by atoms with Crippen molar-refractivity contribution in [3.8, 4) is 11.4 Å². The van der Waals surface area contributed by atoms with Crippen LogP contribution in [0.5, 0.6) is 0 Å². The molecule has 4 rings (SSSR count). The number of carbonyl (C=O) groups excluding carboxylic acids is 1. The molecular formula is C22H20ClN5OS. The van der Waals surface area contributed by atoms with Crippen molar-refractivity contribution >= 4 is 34.0 Å². The second-order valence-electron chi connectivity index (χ2n) is 7.05. The Morgan fingerprint density at radius 2 is 1.93 bits per heavy atom. The number of rotatable bonds is 6. The van der Waals surface area contributed by atoms with Gasteiger partial charge < -0.3 is 0 Å². The Kier molecular flexibility index (Phi) is 5.92. The number of hydrogen-bond donors (Lipinski definition) is 1. The summed E-state index contributed by atoms with van der Waals surface area (Å²) in [5.74, 6) is -0.0849. The van der Waals surface area contributed by atoms with Gasteiger partial charge in [0.05, 0.1) is 24.0 Å². The Morgan fingerprint density at radius 3 is 2.63 bits per heavy atom. The predicted molar refractivity (Wildman–Crippen MR) is 120 cm³/mol. The Hall–Kier alpha value is -3.03. The molecule has 152 valence electrons. The molecular weight excluding hydrogens is 418 g/mol. The zero-order chi connectivity index (χ0) is 21.1. The molecule has 0 fully saturated rings. The molecule has 1 aromatic carbocycles. The average Bonchev–Trinajstić information content (AvgIpc) is 3.34. The highest BCUT2D eigenvalue weighted by Gasteiger charge is 2.21. The summed E-state index contributed by atoms with van der Waals surface area (Å²) in [5, 5.41) is 7.94. The first-order chi connectivity index (χ1) is 14.5. The largest absolute Gasteiger partial charge is 0.298 e. The quantitative estimate of drug-likeness (QED) is 0.433. The summed E-state index contributed by atoms with van der Waals surface area (Å²) in [6.07, 6.45) is 3.22. The van der Waals surface area contributed by atoms with Crippen LogP contribution < -0.4 is 5.32 Å². The van der Waals surface area contributed by atoms with E-state index in [1.54, 1.807) is 10.9 Å². The third-order valence-corrected chi connectivity index (χ3v) is 6.17. The molecule has 30 heavy (non-hydrogen) atoms. The maximum atomic E-state index is 12.8. The second-order valence-corrected chi connectivity index (χ2v) is 8.44. The van der Waals surface area contributed by atoms with Crippen LogP contribution in [0.25, 0.3) is 11.4 Å². The maximum absolute atomic E-state index is 12.8. The van der Waals surface area contributed by atoms with Gasteiger partial charge in [-0.05, 0) is 23.6 Å². The Balaban J connectivity index is 1.56. The molecule has 1 N–H and O–H groups in total. The minimum atomic E-state index is -0.337. The van der Waals surface area contributed by atoms with E-state index in [4.69, 9.17) is 11.6 Å². The number of nitrogens with one attached hydrogen (secondary N) is 1. The van der Waals surface area contributed by atoms with Crippen LogP contribution in [0.2, 0.25) is 5.15 Å². The van der Waals surface area contributed by atoms with Crippen LogP contribution in [0, 0.1) is 0 Å². The summed E-state index contributed by atoms with van der Waals surface area (Å²) in [6, 6.07) is 15.5. The van der Waals surface area contributed by atoms with E-state index in [1.165, 1.54) is 17.5 Å². The molecule has 3 heterocycles. The van der Waals surface area contributed by atoms with E-state index in [-0.39, 0.29) is 11.8 Å². The second kappa shape index (κ2) is 8.77. The predicted octanol–water partition coefficient (Wildman–Crippen LogP) is 5.48. The van der Waals surface area contributed by atoms with Gasteiger partial charge in [-0.15, -0.1) is 11.3 Å². The Labute approximate surface area is 183 Å². The molecule has 0 aliphatic carbocycles. The average molecular weight is 438 g/mol. The molecule has 0 atom stereocenters. The molecule has 4 aromatic rings. The van der Waals surface area contributed by atoms with E-state index in [2.05, 4.69) is 34.2 Å². The molecule has 0 aliphatic rings. The standard InChI is InChI=1S/C22H20ClN5OS/c1-14(2)19-18(17-10-6-7-11-24-17)26-22(30-19)27-21(29)16-12-25-28(20(16)23)13-15-8-4-3-5-9-15/h3-12,14H,13H2,1-2H3,(H,26,27,29). The molecule has 8 heteroatoms. The monoisotopic (exact) mass is 437 g/mol. The number of nitrogens with zero attached hydrogens (tertiary/aromatic N) is 4. The third-order valence-electron chi connectivity index (χ3n) is 4.50. The van der Waals surface area contributed by atoms with Crippen molar-refractivity contribution in [3.05, 3.63) is 82.1 Å². The molecule has 3 aromatic heterocycles. The molecule has 0 bridgehead atoms. The van der Waals surface area contributed by atoms with Crippen molar-refractivity contribution in [2.45, 2.75) is 26.3 Å². The highest BCUT2D eigenvalue weighted by atomic mass is 35.5. The van der Waals surface area contributed by atoms with E-state index < -0.39 is 0 Å². The zero-order valence-corrected chi connectivity index (χ0v) is 18.1. The summed E-state index contributed by atoms with van der Waals surface area (Å²) in [5.41, 5.74) is 2.94. The van der Waals surface area contributed by atoms with Crippen molar-refractivity contribution in [3.63, 3.8) is 0 Å². The molecule has 0 spiro atoms. The topological polar surface area (TPSA) is 72.7 Å². The summed E-state index contributed by atoms with van der Waals surface area (Å²) in [6.45, 7) is 4.68. The molecule has 0 saturated carbocycles. The Morgan fingerprint density at radius 1 is 1.17 bits per heavy atom. The number of benzene rings is 1. The van der Waals surface area contributed by atoms with Gasteiger partial charge in [0.1, 0.15) is 10.8 Å². The third kappa shape index (κ3) is 4.27. The SMILES string of the molecule is CC(C)c1sc(NC(=O)c2cnn(Cc3ccccc3)c2Cl)nc1-c1ccccn1. The Bertz CT molecular complexity index is 1160. The van der Waals surface area contributed by atoms with Gasteiger partial charge in [0.15, 0.2) is 5.13 Å². The van der Waals surface area contributed by atoms with E-state index in [1.807, 2.05) is 48.5 Å². The van der Waals surface area contributed by atoms with Crippen LogP contribution in [0.3, 0.4) is 0 Å². The van der Waals surface area contributed by atoms with Crippen LogP contribution in [0.4, 0.5) is 5.13 Å². The number of amides is 1. The lowest BCUT2D eigenvalue weighted by Gasteiger charge is -2.04. The van der Waals surface area contributed by atoms with Crippen molar-refractivity contribution in [2.75, 3.05) is 5.32 Å². The van der Waals surface area contributed by atoms with Crippen LogP contribution in [-0.4, -0.2) is 25.7 Å². The highest BCUT2D eigenvalue weighted by Crippen LogP contribution is 2.35. The van der Waals surface area contributed by atoms with Gasteiger partial charge in [0.2, 0.25) is 0 Å². The molecule has 0 radical (unpaired) electrons. The van der Waals surface area contributed by atoms with E-state index in [0.29, 0.717) is 22.4 Å². The van der Waals surface area contributed by atoms with E-state index in [0.717, 1.165) is 21.8 Å². The van der Waals surface area contributed by atoms with Gasteiger partial charge in [0.25, 0.3) is 5.91 Å². The minimum absolute atomic E-state index is 0.252. The van der Waals surface area contributed by atoms with Gasteiger partial charge in [-0.2, -0.15) is 5.10 Å². The number of pyridine rings is 1. The molecule has 0 saturated heterocycles. The zero-order valence-electron chi connectivity index (χ0n) is 16.5. The lowest BCUT2D eigenvalue weighted by atomic mass is 10.1. The summed E-state index contributed by atoms with van der Waals surface area (Å²) < 4.78 is 1.60. The minimum Gasteiger partial charge on any atom is -0.298 e. The van der Waals surface area contributed by atoms with Crippen molar-refractivity contribution in [2.24, 2.45) is 0 Å². The lowest BCUT2D eigenvalue weighted by molar-refractivity contribution is 0.102. The fourth-order valence-electron chi connectivity index (χ4n) is 3.02. The molecule has 1 amide bonds. The number of hydrogen-bond acceptors (Lipinski definition) is 5. The van der Waals surface area contributed by atoms with Crippen molar-refractivity contribution in [1.29, 1.82) is 0 Å². The van der Waals surface area contributed by atoms with Gasteiger partial charge in [0, 0.05) is 11.1 Å². The summed E-state index contributed by atoms with van der Waals surface area (Å²) in [4.78, 5) is 22.9. The van der Waals surface area contributed by atoms with Crippen LogP contribution in [0.15, 0.2) is 60.9 Å². The van der Waals surface area contributed by atoms with Gasteiger partial charge in [-0.3, -0.25) is 15.1 Å². The first kappa shape index (κ1) is 20.3. The fourth-order valence-corrected chi connectivity index (χ4v) is 4.23. The number of carbonyl (C=O) groups is 1. The molecule has 6 nitrogen and oxygen atoms in total. The van der Waals surface area contributed by atoms with Gasteiger partial charge in [-0.1, -0.05) is 61.8 Å². The van der Waals surface area contributed by atoms with E-state index >= 15 is 0 Å². The normalized spacial score (nSPS) is 11.1. The van der Waals surface area contributed by atoms with Crippen LogP contribution >= 0.6 is 22.9 Å². The summed E-state index contributed by atoms with van der Waals surface area (Å²) in [7, 11) is 0. The van der Waals surface area contributed by atoms with Gasteiger partial charge >= 0.3 is 0 Å². The first-order valence-corrected chi connectivity index (χ1v) is 10.7. The van der Waals surface area contributed by atoms with Crippen LogP contribution in [0.1, 0.15) is 40.6 Å². The maximum Gasteiger partial charge on any atom is 0.262 e. The first-order valence-electron chi connectivity index (χ1n) is 9.51. The van der Waals surface area contributed by atoms with Crippen molar-refractivity contribution < 1.29 is 4.79 Å². The smallest absolute Gasteiger partial charge is 0.262 e.